The lowest BCUT2D eigenvalue weighted by atomic mass is 10.1. The number of morpholine rings is 1. The molecule has 0 radical (unpaired) electrons. The summed E-state index contributed by atoms with van der Waals surface area (Å²) in [5.74, 6) is -0.360. The average molecular weight is 383 g/mol. The van der Waals surface area contributed by atoms with E-state index in [1.807, 2.05) is 0 Å². The monoisotopic (exact) mass is 383 g/mol. The summed E-state index contributed by atoms with van der Waals surface area (Å²) in [6.45, 7) is 3.85. The Hall–Kier alpha value is -3.26. The van der Waals surface area contributed by atoms with E-state index in [-0.39, 0.29) is 23.9 Å². The first kappa shape index (κ1) is 19.5. The maximum atomic E-state index is 12.2. The van der Waals surface area contributed by atoms with Crippen molar-refractivity contribution < 1.29 is 23.9 Å². The maximum Gasteiger partial charge on any atom is 0.340 e. The molecule has 3 rings (SSSR count). The number of hydrogen-bond donors (Lipinski definition) is 1. The minimum Gasteiger partial charge on any atom is -0.454 e. The number of nitrogens with one attached hydrogen (secondary N) is 1. The number of ketones is 1. The van der Waals surface area contributed by atoms with Crippen LogP contribution in [0.3, 0.4) is 0 Å². The SMILES string of the molecule is CC(=O)Nc1ccc(C(=O)COC(=O)c2ccc(N3CCOCC3)nc2)cc1. The fourth-order valence-corrected chi connectivity index (χ4v) is 2.73. The van der Waals surface area contributed by atoms with E-state index in [1.54, 1.807) is 36.4 Å². The number of anilines is 2. The van der Waals surface area contributed by atoms with Crippen molar-refractivity contribution in [3.63, 3.8) is 0 Å². The van der Waals surface area contributed by atoms with Crippen LogP contribution < -0.4 is 10.2 Å². The first-order chi connectivity index (χ1) is 13.5. The van der Waals surface area contributed by atoms with Crippen LogP contribution in [-0.4, -0.2) is 55.6 Å². The summed E-state index contributed by atoms with van der Waals surface area (Å²) in [7, 11) is 0. The molecule has 1 N–H and O–H groups in total. The van der Waals surface area contributed by atoms with Gasteiger partial charge in [-0.05, 0) is 36.4 Å². The standard InChI is InChI=1S/C20H21N3O5/c1-14(24)22-17-5-2-15(3-6-17)18(25)13-28-20(26)16-4-7-19(21-12-16)23-8-10-27-11-9-23/h2-7,12H,8-11,13H2,1H3,(H,22,24). The number of aromatic nitrogens is 1. The highest BCUT2D eigenvalue weighted by Gasteiger charge is 2.15. The molecule has 2 aromatic rings. The smallest absolute Gasteiger partial charge is 0.340 e. The average Bonchev–Trinajstić information content (AvgIpc) is 2.72. The highest BCUT2D eigenvalue weighted by molar-refractivity contribution is 6.00. The van der Waals surface area contributed by atoms with E-state index in [4.69, 9.17) is 9.47 Å². The van der Waals surface area contributed by atoms with E-state index in [9.17, 15) is 14.4 Å². The number of Topliss-reactive ketones (excluding diaryl/α,β-unsaturated/α-hetero) is 1. The van der Waals surface area contributed by atoms with Gasteiger partial charge in [-0.15, -0.1) is 0 Å². The van der Waals surface area contributed by atoms with Crippen LogP contribution in [-0.2, 0) is 14.3 Å². The second-order valence-corrected chi connectivity index (χ2v) is 6.26. The van der Waals surface area contributed by atoms with Crippen LogP contribution in [0, 0.1) is 0 Å². The number of esters is 1. The third-order valence-corrected chi connectivity index (χ3v) is 4.18. The molecule has 0 spiro atoms. The molecule has 146 valence electrons. The summed E-state index contributed by atoms with van der Waals surface area (Å²) < 4.78 is 10.4. The molecule has 28 heavy (non-hydrogen) atoms. The van der Waals surface area contributed by atoms with Crippen molar-refractivity contribution >= 4 is 29.2 Å². The first-order valence-electron chi connectivity index (χ1n) is 8.89. The Labute approximate surface area is 162 Å². The largest absolute Gasteiger partial charge is 0.454 e. The first-order valence-corrected chi connectivity index (χ1v) is 8.89. The topological polar surface area (TPSA) is 97.8 Å². The Balaban J connectivity index is 1.53. The molecule has 0 atom stereocenters. The number of ether oxygens (including phenoxy) is 2. The lowest BCUT2D eigenvalue weighted by Crippen LogP contribution is -2.36. The molecule has 8 nitrogen and oxygen atoms in total. The molecule has 1 fully saturated rings. The van der Waals surface area contributed by atoms with Gasteiger partial charge in [0.05, 0.1) is 18.8 Å². The highest BCUT2D eigenvalue weighted by atomic mass is 16.5. The van der Waals surface area contributed by atoms with Crippen molar-refractivity contribution in [2.24, 2.45) is 0 Å². The molecule has 1 aromatic carbocycles. The molecule has 1 aromatic heterocycles. The second kappa shape index (κ2) is 9.09. The van der Waals surface area contributed by atoms with Crippen molar-refractivity contribution in [2.75, 3.05) is 43.1 Å². The molecule has 0 bridgehead atoms. The Morgan fingerprint density at radius 1 is 1.07 bits per heavy atom. The molecule has 0 saturated carbocycles. The van der Waals surface area contributed by atoms with Crippen LogP contribution in [0.15, 0.2) is 42.6 Å². The third-order valence-electron chi connectivity index (χ3n) is 4.18. The zero-order valence-electron chi connectivity index (χ0n) is 15.5. The van der Waals surface area contributed by atoms with Gasteiger partial charge < -0.3 is 19.7 Å². The Bertz CT molecular complexity index is 843. The van der Waals surface area contributed by atoms with Crippen molar-refractivity contribution in [3.8, 4) is 0 Å². The fourth-order valence-electron chi connectivity index (χ4n) is 2.73. The zero-order valence-corrected chi connectivity index (χ0v) is 15.5. The van der Waals surface area contributed by atoms with Crippen LogP contribution in [0.5, 0.6) is 0 Å². The lowest BCUT2D eigenvalue weighted by molar-refractivity contribution is -0.114. The van der Waals surface area contributed by atoms with E-state index in [1.165, 1.54) is 13.1 Å². The Kier molecular flexibility index (Phi) is 6.33. The molecule has 1 saturated heterocycles. The van der Waals surface area contributed by atoms with Gasteiger partial charge in [-0.3, -0.25) is 9.59 Å². The van der Waals surface area contributed by atoms with Crippen molar-refractivity contribution in [1.29, 1.82) is 0 Å². The van der Waals surface area contributed by atoms with Gasteiger partial charge in [0.1, 0.15) is 5.82 Å². The summed E-state index contributed by atoms with van der Waals surface area (Å²) in [6.07, 6.45) is 1.44. The number of carbonyl (C=O) groups excluding carboxylic acids is 3. The van der Waals surface area contributed by atoms with Crippen LogP contribution in [0.25, 0.3) is 0 Å². The molecule has 0 unspecified atom stereocenters. The number of rotatable bonds is 6. The molecular weight excluding hydrogens is 362 g/mol. The third kappa shape index (κ3) is 5.14. The van der Waals surface area contributed by atoms with Crippen LogP contribution in [0.2, 0.25) is 0 Å². The quantitative estimate of drug-likeness (QED) is 0.601. The predicted octanol–water partition coefficient (Wildman–Crippen LogP) is 1.92. The van der Waals surface area contributed by atoms with Crippen molar-refractivity contribution in [2.45, 2.75) is 6.92 Å². The van der Waals surface area contributed by atoms with Gasteiger partial charge >= 0.3 is 5.97 Å². The predicted molar refractivity (Wildman–Crippen MR) is 103 cm³/mol. The molecule has 1 aliphatic rings. The van der Waals surface area contributed by atoms with Gasteiger partial charge in [0, 0.05) is 37.5 Å². The van der Waals surface area contributed by atoms with E-state index in [2.05, 4.69) is 15.2 Å². The van der Waals surface area contributed by atoms with Gasteiger partial charge in [0.15, 0.2) is 12.4 Å². The Morgan fingerprint density at radius 3 is 2.36 bits per heavy atom. The molecule has 2 heterocycles. The fraction of sp³-hybridized carbons (Fsp3) is 0.300. The Morgan fingerprint density at radius 2 is 1.75 bits per heavy atom. The van der Waals surface area contributed by atoms with Crippen LogP contribution in [0.1, 0.15) is 27.6 Å². The van der Waals surface area contributed by atoms with E-state index < -0.39 is 5.97 Å². The molecule has 1 aliphatic heterocycles. The summed E-state index contributed by atoms with van der Waals surface area (Å²) in [4.78, 5) is 41.7. The summed E-state index contributed by atoms with van der Waals surface area (Å²) in [5.41, 5.74) is 1.26. The van der Waals surface area contributed by atoms with Gasteiger partial charge in [-0.25, -0.2) is 9.78 Å². The molecule has 0 aliphatic carbocycles. The zero-order chi connectivity index (χ0) is 19.9. The molecule has 1 amide bonds. The summed E-state index contributed by atoms with van der Waals surface area (Å²) >= 11 is 0. The van der Waals surface area contributed by atoms with Gasteiger partial charge in [0.25, 0.3) is 0 Å². The summed E-state index contributed by atoms with van der Waals surface area (Å²) in [5, 5.41) is 2.62. The number of amides is 1. The van der Waals surface area contributed by atoms with Gasteiger partial charge in [0.2, 0.25) is 5.91 Å². The lowest BCUT2D eigenvalue weighted by Gasteiger charge is -2.27. The van der Waals surface area contributed by atoms with Gasteiger partial charge in [-0.1, -0.05) is 0 Å². The second-order valence-electron chi connectivity index (χ2n) is 6.26. The number of pyridine rings is 1. The number of hydrogen-bond acceptors (Lipinski definition) is 7. The van der Waals surface area contributed by atoms with Crippen molar-refractivity contribution in [3.05, 3.63) is 53.7 Å². The summed E-state index contributed by atoms with van der Waals surface area (Å²) in [6, 6.07) is 9.76. The van der Waals surface area contributed by atoms with Gasteiger partial charge in [-0.2, -0.15) is 0 Å². The highest BCUT2D eigenvalue weighted by Crippen LogP contribution is 2.14. The van der Waals surface area contributed by atoms with Crippen LogP contribution >= 0.6 is 0 Å². The van der Waals surface area contributed by atoms with E-state index in [0.717, 1.165) is 18.9 Å². The van der Waals surface area contributed by atoms with Crippen molar-refractivity contribution in [1.82, 2.24) is 4.98 Å². The minimum absolute atomic E-state index is 0.193. The molecular formula is C20H21N3O5. The molecule has 8 heteroatoms. The van der Waals surface area contributed by atoms with E-state index in [0.29, 0.717) is 24.5 Å². The maximum absolute atomic E-state index is 12.2. The minimum atomic E-state index is -0.607. The number of benzene rings is 1. The normalized spacial score (nSPS) is 13.7. The van der Waals surface area contributed by atoms with Crippen LogP contribution in [0.4, 0.5) is 11.5 Å². The number of carbonyl (C=O) groups is 3. The van der Waals surface area contributed by atoms with E-state index >= 15 is 0 Å². The number of nitrogens with zero attached hydrogens (tertiary/aromatic N) is 2.